The zero-order valence-corrected chi connectivity index (χ0v) is 17.9. The second-order valence-electron chi connectivity index (χ2n) is 7.81. The van der Waals surface area contributed by atoms with Gasteiger partial charge in [0.25, 0.3) is 5.91 Å². The van der Waals surface area contributed by atoms with E-state index in [2.05, 4.69) is 9.97 Å². The van der Waals surface area contributed by atoms with Gasteiger partial charge in [0.15, 0.2) is 0 Å². The number of hydrogen-bond acceptors (Lipinski definition) is 6. The lowest BCUT2D eigenvalue weighted by Gasteiger charge is -2.24. The third-order valence-corrected chi connectivity index (χ3v) is 6.12. The first-order valence-electron chi connectivity index (χ1n) is 9.67. The Morgan fingerprint density at radius 2 is 2.03 bits per heavy atom. The molecule has 1 spiro atoms. The van der Waals surface area contributed by atoms with Crippen LogP contribution in [0.1, 0.15) is 33.9 Å². The highest BCUT2D eigenvalue weighted by molar-refractivity contribution is 7.09. The molecule has 8 nitrogen and oxygen atoms in total. The van der Waals surface area contributed by atoms with Crippen molar-refractivity contribution in [2.24, 2.45) is 5.41 Å². The van der Waals surface area contributed by atoms with Crippen LogP contribution in [-0.2, 0) is 16.1 Å². The van der Waals surface area contributed by atoms with Crippen LogP contribution >= 0.6 is 11.3 Å². The molecule has 2 aliphatic rings. The van der Waals surface area contributed by atoms with Gasteiger partial charge in [0.05, 0.1) is 22.8 Å². The first-order valence-corrected chi connectivity index (χ1v) is 10.6. The molecule has 2 saturated heterocycles. The number of carbonyl (C=O) groups is 3. The molecule has 2 aromatic heterocycles. The number of carbonyl (C=O) groups excluding carboxylic acids is 2. The molecular weight excluding hydrogens is 449 g/mol. The van der Waals surface area contributed by atoms with Gasteiger partial charge in [0, 0.05) is 49.2 Å². The Balaban J connectivity index is 0.000000360. The predicted octanol–water partition coefficient (Wildman–Crippen LogP) is 2.74. The van der Waals surface area contributed by atoms with Crippen molar-refractivity contribution >= 4 is 29.1 Å². The van der Waals surface area contributed by atoms with Gasteiger partial charge in [0.1, 0.15) is 0 Å². The smallest absolute Gasteiger partial charge is 0.475 e. The summed E-state index contributed by atoms with van der Waals surface area (Å²) >= 11 is 1.61. The Morgan fingerprint density at radius 3 is 2.59 bits per heavy atom. The lowest BCUT2D eigenvalue weighted by Crippen LogP contribution is -2.34. The van der Waals surface area contributed by atoms with Gasteiger partial charge in [-0.15, -0.1) is 11.3 Å². The summed E-state index contributed by atoms with van der Waals surface area (Å²) in [5.74, 6) is -2.58. The van der Waals surface area contributed by atoms with E-state index in [1.165, 1.54) is 0 Å². The molecule has 2 aromatic rings. The van der Waals surface area contributed by atoms with Crippen LogP contribution in [0.4, 0.5) is 13.2 Å². The lowest BCUT2D eigenvalue weighted by atomic mass is 9.86. The van der Waals surface area contributed by atoms with Crippen molar-refractivity contribution in [3.63, 3.8) is 0 Å². The number of amides is 2. The van der Waals surface area contributed by atoms with Gasteiger partial charge >= 0.3 is 12.1 Å². The van der Waals surface area contributed by atoms with Crippen LogP contribution in [0.2, 0.25) is 0 Å². The molecule has 0 bridgehead atoms. The zero-order valence-electron chi connectivity index (χ0n) is 17.1. The van der Waals surface area contributed by atoms with Crippen LogP contribution in [0.5, 0.6) is 0 Å². The highest BCUT2D eigenvalue weighted by Gasteiger charge is 2.48. The van der Waals surface area contributed by atoms with E-state index < -0.39 is 12.1 Å². The van der Waals surface area contributed by atoms with Gasteiger partial charge < -0.3 is 14.9 Å². The van der Waals surface area contributed by atoms with Gasteiger partial charge in [-0.3, -0.25) is 14.6 Å². The Kier molecular flexibility index (Phi) is 6.82. The predicted molar refractivity (Wildman–Crippen MR) is 108 cm³/mol. The van der Waals surface area contributed by atoms with Crippen molar-refractivity contribution in [1.29, 1.82) is 0 Å². The summed E-state index contributed by atoms with van der Waals surface area (Å²) in [6.45, 7) is 4.59. The SMILES string of the molecule is Cc1nc(CN2CC3(CCN(C(=O)c4cccnc4)C3)CC2=O)cs1.O=C(O)C(F)(F)F. The number of halogens is 3. The summed E-state index contributed by atoms with van der Waals surface area (Å²) in [4.78, 5) is 46.2. The first-order chi connectivity index (χ1) is 15.0. The number of carboxylic acid groups (broad SMARTS) is 1. The summed E-state index contributed by atoms with van der Waals surface area (Å²) in [5, 5.41) is 10.2. The fraction of sp³-hybridized carbons (Fsp3) is 0.450. The number of alkyl halides is 3. The molecule has 12 heteroatoms. The highest BCUT2D eigenvalue weighted by Crippen LogP contribution is 2.41. The van der Waals surface area contributed by atoms with Gasteiger partial charge in [-0.05, 0) is 25.5 Å². The molecule has 172 valence electrons. The van der Waals surface area contributed by atoms with Crippen LogP contribution in [0.15, 0.2) is 29.9 Å². The molecule has 4 heterocycles. The Labute approximate surface area is 185 Å². The molecule has 0 saturated carbocycles. The maximum absolute atomic E-state index is 12.6. The van der Waals surface area contributed by atoms with Crippen molar-refractivity contribution < 1.29 is 32.7 Å². The van der Waals surface area contributed by atoms with E-state index in [1.54, 1.807) is 35.9 Å². The van der Waals surface area contributed by atoms with E-state index in [9.17, 15) is 22.8 Å². The number of nitrogens with zero attached hydrogens (tertiary/aromatic N) is 4. The number of thiazole rings is 1. The Morgan fingerprint density at radius 1 is 1.31 bits per heavy atom. The quantitative estimate of drug-likeness (QED) is 0.740. The molecule has 1 N–H and O–H groups in total. The standard InChI is InChI=1S/C18H20N4O2S.C2HF3O2/c1-13-20-15(10-25-13)9-22-12-18(7-16(22)23)4-6-21(11-18)17(24)14-3-2-5-19-8-14;3-2(4,5)1(6)7/h2-3,5,8,10H,4,6-7,9,11-12H2,1H3;(H,6,7). The summed E-state index contributed by atoms with van der Waals surface area (Å²) < 4.78 is 31.7. The van der Waals surface area contributed by atoms with Crippen LogP contribution in [0.3, 0.4) is 0 Å². The number of rotatable bonds is 3. The van der Waals surface area contributed by atoms with E-state index in [1.807, 2.05) is 22.1 Å². The van der Waals surface area contributed by atoms with E-state index in [4.69, 9.17) is 9.90 Å². The molecule has 0 aliphatic carbocycles. The fourth-order valence-corrected chi connectivity index (χ4v) is 4.46. The highest BCUT2D eigenvalue weighted by atomic mass is 32.1. The molecule has 32 heavy (non-hydrogen) atoms. The largest absolute Gasteiger partial charge is 0.490 e. The van der Waals surface area contributed by atoms with Crippen molar-refractivity contribution in [2.75, 3.05) is 19.6 Å². The second-order valence-corrected chi connectivity index (χ2v) is 8.87. The fourth-order valence-electron chi connectivity index (χ4n) is 3.86. The summed E-state index contributed by atoms with van der Waals surface area (Å²) in [6.07, 6.45) is -0.426. The van der Waals surface area contributed by atoms with Crippen LogP contribution in [0, 0.1) is 12.3 Å². The minimum Gasteiger partial charge on any atom is -0.475 e. The number of pyridine rings is 1. The van der Waals surface area contributed by atoms with E-state index in [0.29, 0.717) is 38.2 Å². The molecular formula is C20H21F3N4O4S. The Bertz CT molecular complexity index is 998. The van der Waals surface area contributed by atoms with Crippen LogP contribution in [0.25, 0.3) is 0 Å². The topological polar surface area (TPSA) is 104 Å². The third-order valence-electron chi connectivity index (χ3n) is 5.30. The molecule has 1 atom stereocenters. The van der Waals surface area contributed by atoms with Gasteiger partial charge in [-0.25, -0.2) is 9.78 Å². The van der Waals surface area contributed by atoms with Crippen molar-refractivity contribution in [3.8, 4) is 0 Å². The number of aryl methyl sites for hydroxylation is 1. The van der Waals surface area contributed by atoms with E-state index >= 15 is 0 Å². The number of likely N-dealkylation sites (tertiary alicyclic amines) is 2. The lowest BCUT2D eigenvalue weighted by molar-refractivity contribution is -0.192. The molecule has 1 unspecified atom stereocenters. The second kappa shape index (κ2) is 9.23. The maximum Gasteiger partial charge on any atom is 0.490 e. The zero-order chi connectivity index (χ0) is 23.5. The third kappa shape index (κ3) is 5.61. The average Bonchev–Trinajstić information content (AvgIpc) is 3.41. The number of hydrogen-bond donors (Lipinski definition) is 1. The average molecular weight is 470 g/mol. The molecule has 0 aromatic carbocycles. The van der Waals surface area contributed by atoms with Crippen molar-refractivity contribution in [2.45, 2.75) is 32.5 Å². The summed E-state index contributed by atoms with van der Waals surface area (Å²) in [6, 6.07) is 3.56. The maximum atomic E-state index is 12.6. The minimum atomic E-state index is -5.08. The number of carboxylic acids is 1. The van der Waals surface area contributed by atoms with Crippen LogP contribution in [-0.4, -0.2) is 68.5 Å². The Hall–Kier alpha value is -3.02. The minimum absolute atomic E-state index is 0.00556. The van der Waals surface area contributed by atoms with Gasteiger partial charge in [-0.1, -0.05) is 0 Å². The number of aliphatic carboxylic acids is 1. The van der Waals surface area contributed by atoms with Gasteiger partial charge in [-0.2, -0.15) is 13.2 Å². The summed E-state index contributed by atoms with van der Waals surface area (Å²) in [5.41, 5.74) is 1.45. The monoisotopic (exact) mass is 470 g/mol. The molecule has 4 rings (SSSR count). The van der Waals surface area contributed by atoms with Gasteiger partial charge in [0.2, 0.25) is 5.91 Å². The normalized spacial score (nSPS) is 20.4. The van der Waals surface area contributed by atoms with Crippen LogP contribution < -0.4 is 0 Å². The van der Waals surface area contributed by atoms with E-state index in [0.717, 1.165) is 17.1 Å². The number of aromatic nitrogens is 2. The van der Waals surface area contributed by atoms with E-state index in [-0.39, 0.29) is 17.2 Å². The first kappa shape index (κ1) is 23.6. The summed E-state index contributed by atoms with van der Waals surface area (Å²) in [7, 11) is 0. The molecule has 2 fully saturated rings. The molecule has 2 aliphatic heterocycles. The molecule has 2 amide bonds. The molecule has 0 radical (unpaired) electrons. The van der Waals surface area contributed by atoms with Crippen molar-refractivity contribution in [1.82, 2.24) is 19.8 Å². The van der Waals surface area contributed by atoms with Crippen molar-refractivity contribution in [3.05, 3.63) is 46.2 Å².